The van der Waals surface area contributed by atoms with Crippen LogP contribution in [-0.2, 0) is 0 Å². The summed E-state index contributed by atoms with van der Waals surface area (Å²) in [7, 11) is 1.53. The van der Waals surface area contributed by atoms with Gasteiger partial charge in [0.05, 0.1) is 7.11 Å². The summed E-state index contributed by atoms with van der Waals surface area (Å²) in [6, 6.07) is 12.9. The summed E-state index contributed by atoms with van der Waals surface area (Å²) >= 11 is 0. The van der Waals surface area contributed by atoms with E-state index in [2.05, 4.69) is 0 Å². The molecule has 0 aliphatic carbocycles. The molecule has 0 radical (unpaired) electrons. The molecule has 0 aromatic heterocycles. The molecule has 0 atom stereocenters. The smallest absolute Gasteiger partial charge is 0.161 e. The van der Waals surface area contributed by atoms with Crippen molar-refractivity contribution in [3.05, 3.63) is 81.4 Å². The minimum atomic E-state index is -0.284. The van der Waals surface area contributed by atoms with Gasteiger partial charge < -0.3 is 20.1 Å². The van der Waals surface area contributed by atoms with Gasteiger partial charge in [0.25, 0.3) is 0 Å². The Morgan fingerprint density at radius 2 is 1.18 bits per heavy atom. The van der Waals surface area contributed by atoms with E-state index in [0.29, 0.717) is 11.3 Å². The highest BCUT2D eigenvalue weighted by Crippen LogP contribution is 2.44. The van der Waals surface area contributed by atoms with Gasteiger partial charge in [0.15, 0.2) is 11.5 Å². The molecule has 146 valence electrons. The van der Waals surface area contributed by atoms with Crippen LogP contribution in [0, 0.1) is 27.7 Å². The largest absolute Gasteiger partial charge is 0.508 e. The van der Waals surface area contributed by atoms with Crippen LogP contribution in [0.2, 0.25) is 0 Å². The van der Waals surface area contributed by atoms with Crippen molar-refractivity contribution >= 4 is 0 Å². The van der Waals surface area contributed by atoms with E-state index in [9.17, 15) is 15.3 Å². The number of hydrogen-bond acceptors (Lipinski definition) is 4. The molecule has 0 unspecified atom stereocenters. The van der Waals surface area contributed by atoms with Crippen LogP contribution in [0.1, 0.15) is 44.9 Å². The topological polar surface area (TPSA) is 69.9 Å². The fourth-order valence-corrected chi connectivity index (χ4v) is 3.71. The van der Waals surface area contributed by atoms with Gasteiger partial charge in [-0.2, -0.15) is 0 Å². The van der Waals surface area contributed by atoms with E-state index in [1.54, 1.807) is 18.2 Å². The Balaban J connectivity index is 2.36. The molecule has 0 saturated heterocycles. The summed E-state index contributed by atoms with van der Waals surface area (Å²) in [6.07, 6.45) is 0. The van der Waals surface area contributed by atoms with Gasteiger partial charge in [-0.25, -0.2) is 0 Å². The predicted octanol–water partition coefficient (Wildman–Crippen LogP) is 5.23. The van der Waals surface area contributed by atoms with Crippen molar-refractivity contribution in [3.63, 3.8) is 0 Å². The molecule has 0 amide bonds. The lowest BCUT2D eigenvalue weighted by molar-refractivity contribution is 0.370. The Hall–Kier alpha value is -3.14. The summed E-state index contributed by atoms with van der Waals surface area (Å²) in [5, 5.41) is 31.1. The molecular formula is C24H26O4. The number of aryl methyl sites for hydroxylation is 4. The van der Waals surface area contributed by atoms with Crippen molar-refractivity contribution in [1.82, 2.24) is 0 Å². The molecule has 0 bridgehead atoms. The molecule has 0 spiro atoms. The van der Waals surface area contributed by atoms with Gasteiger partial charge in [-0.3, -0.25) is 0 Å². The molecule has 0 saturated carbocycles. The third kappa shape index (κ3) is 3.38. The Bertz CT molecular complexity index is 980. The maximum absolute atomic E-state index is 10.9. The van der Waals surface area contributed by atoms with Crippen LogP contribution in [0.3, 0.4) is 0 Å². The average Bonchev–Trinajstić information content (AvgIpc) is 2.64. The molecule has 0 aliphatic rings. The molecule has 28 heavy (non-hydrogen) atoms. The summed E-state index contributed by atoms with van der Waals surface area (Å²) < 4.78 is 5.32. The van der Waals surface area contributed by atoms with Crippen LogP contribution < -0.4 is 4.74 Å². The number of ether oxygens (including phenoxy) is 1. The van der Waals surface area contributed by atoms with Gasteiger partial charge in [-0.15, -0.1) is 0 Å². The highest BCUT2D eigenvalue weighted by Gasteiger charge is 2.26. The molecule has 0 heterocycles. The second-order valence-corrected chi connectivity index (χ2v) is 7.32. The highest BCUT2D eigenvalue weighted by molar-refractivity contribution is 5.59. The van der Waals surface area contributed by atoms with Crippen LogP contribution in [-0.4, -0.2) is 22.4 Å². The minimum Gasteiger partial charge on any atom is -0.508 e. The van der Waals surface area contributed by atoms with Gasteiger partial charge in [0.2, 0.25) is 0 Å². The fraction of sp³-hybridized carbons (Fsp3) is 0.250. The highest BCUT2D eigenvalue weighted by atomic mass is 16.5. The molecular weight excluding hydrogens is 352 g/mol. The molecule has 3 aromatic carbocycles. The number of hydrogen-bond donors (Lipinski definition) is 3. The van der Waals surface area contributed by atoms with E-state index in [0.717, 1.165) is 33.4 Å². The Kier molecular flexibility index (Phi) is 5.23. The second-order valence-electron chi connectivity index (χ2n) is 7.32. The van der Waals surface area contributed by atoms with Gasteiger partial charge in [-0.05, 0) is 79.3 Å². The first-order valence-electron chi connectivity index (χ1n) is 9.20. The third-order valence-corrected chi connectivity index (χ3v) is 5.35. The SMILES string of the molecule is COc1cccc(C(c2cc(C)c(O)cc2C)c2cc(C)c(O)cc2C)c1O. The van der Waals surface area contributed by atoms with Crippen molar-refractivity contribution < 1.29 is 20.1 Å². The number of para-hydroxylation sites is 1. The summed E-state index contributed by atoms with van der Waals surface area (Å²) in [5.74, 6) is 0.699. The van der Waals surface area contributed by atoms with E-state index in [-0.39, 0.29) is 23.2 Å². The molecule has 4 heteroatoms. The van der Waals surface area contributed by atoms with Crippen molar-refractivity contribution in [1.29, 1.82) is 0 Å². The normalized spacial score (nSPS) is 11.1. The first kappa shape index (κ1) is 19.6. The Morgan fingerprint density at radius 3 is 1.64 bits per heavy atom. The molecule has 3 aromatic rings. The molecule has 4 nitrogen and oxygen atoms in total. The predicted molar refractivity (Wildman–Crippen MR) is 111 cm³/mol. The standard InChI is InChI=1S/C24H26O4/c1-13-11-20(25)15(3)9-18(13)23(17-7-6-8-22(28-5)24(17)27)19-10-16(4)21(26)12-14(19)2/h6-12,23,25-27H,1-5H3. The number of rotatable bonds is 4. The number of benzene rings is 3. The van der Waals surface area contributed by atoms with Crippen molar-refractivity contribution in [3.8, 4) is 23.0 Å². The van der Waals surface area contributed by atoms with Crippen LogP contribution in [0.25, 0.3) is 0 Å². The first-order valence-corrected chi connectivity index (χ1v) is 9.20. The molecule has 3 N–H and O–H groups in total. The van der Waals surface area contributed by atoms with Gasteiger partial charge in [0, 0.05) is 11.5 Å². The fourth-order valence-electron chi connectivity index (χ4n) is 3.71. The van der Waals surface area contributed by atoms with Gasteiger partial charge >= 0.3 is 0 Å². The van der Waals surface area contributed by atoms with Crippen LogP contribution >= 0.6 is 0 Å². The summed E-state index contributed by atoms with van der Waals surface area (Å²) in [4.78, 5) is 0. The second kappa shape index (κ2) is 7.47. The van der Waals surface area contributed by atoms with E-state index in [1.165, 1.54) is 7.11 Å². The number of phenols is 3. The summed E-state index contributed by atoms with van der Waals surface area (Å²) in [6.45, 7) is 7.61. The zero-order valence-corrected chi connectivity index (χ0v) is 16.9. The van der Waals surface area contributed by atoms with Crippen LogP contribution in [0.5, 0.6) is 23.0 Å². The van der Waals surface area contributed by atoms with Crippen molar-refractivity contribution in [2.24, 2.45) is 0 Å². The van der Waals surface area contributed by atoms with Crippen molar-refractivity contribution in [2.45, 2.75) is 33.6 Å². The van der Waals surface area contributed by atoms with E-state index in [1.807, 2.05) is 52.0 Å². The van der Waals surface area contributed by atoms with Crippen LogP contribution in [0.15, 0.2) is 42.5 Å². The number of methoxy groups -OCH3 is 1. The summed E-state index contributed by atoms with van der Waals surface area (Å²) in [5.41, 5.74) is 6.03. The molecule has 3 rings (SSSR count). The van der Waals surface area contributed by atoms with Gasteiger partial charge in [-0.1, -0.05) is 24.3 Å². The number of phenolic OH excluding ortho intramolecular Hbond substituents is 3. The Labute approximate surface area is 165 Å². The van der Waals surface area contributed by atoms with E-state index < -0.39 is 0 Å². The monoisotopic (exact) mass is 378 g/mol. The zero-order valence-electron chi connectivity index (χ0n) is 16.9. The lowest BCUT2D eigenvalue weighted by Gasteiger charge is -2.25. The molecule has 0 aliphatic heterocycles. The Morgan fingerprint density at radius 1 is 0.679 bits per heavy atom. The molecule has 0 fully saturated rings. The lowest BCUT2D eigenvalue weighted by Crippen LogP contribution is -2.09. The average molecular weight is 378 g/mol. The van der Waals surface area contributed by atoms with E-state index in [4.69, 9.17) is 4.74 Å². The van der Waals surface area contributed by atoms with E-state index >= 15 is 0 Å². The maximum atomic E-state index is 10.9. The quantitative estimate of drug-likeness (QED) is 0.544. The lowest BCUT2D eigenvalue weighted by atomic mass is 9.79. The number of aromatic hydroxyl groups is 3. The van der Waals surface area contributed by atoms with Crippen LogP contribution in [0.4, 0.5) is 0 Å². The van der Waals surface area contributed by atoms with Crippen molar-refractivity contribution in [2.75, 3.05) is 7.11 Å². The zero-order chi connectivity index (χ0) is 20.6. The first-order chi connectivity index (χ1) is 13.2. The minimum absolute atomic E-state index is 0.0882. The maximum Gasteiger partial charge on any atom is 0.161 e. The third-order valence-electron chi connectivity index (χ3n) is 5.35. The van der Waals surface area contributed by atoms with Gasteiger partial charge in [0.1, 0.15) is 11.5 Å².